The van der Waals surface area contributed by atoms with Gasteiger partial charge in [-0.2, -0.15) is 5.26 Å². The maximum atomic E-state index is 11.7. The zero-order chi connectivity index (χ0) is 21.3. The van der Waals surface area contributed by atoms with Gasteiger partial charge >= 0.3 is 0 Å². The van der Waals surface area contributed by atoms with Crippen LogP contribution >= 0.6 is 0 Å². The molecule has 1 saturated heterocycles. The van der Waals surface area contributed by atoms with Crippen molar-refractivity contribution in [1.82, 2.24) is 15.5 Å². The molecule has 0 amide bonds. The molecule has 0 bridgehead atoms. The molecule has 8 heteroatoms. The first-order chi connectivity index (χ1) is 14.4. The van der Waals surface area contributed by atoms with Crippen molar-refractivity contribution < 1.29 is 8.42 Å². The van der Waals surface area contributed by atoms with E-state index in [0.29, 0.717) is 17.3 Å². The van der Waals surface area contributed by atoms with Gasteiger partial charge < -0.3 is 10.2 Å². The van der Waals surface area contributed by atoms with Gasteiger partial charge in [0.15, 0.2) is 15.5 Å². The topological polar surface area (TPSA) is 99.0 Å². The molecule has 1 aliphatic rings. The zero-order valence-corrected chi connectivity index (χ0v) is 17.8. The van der Waals surface area contributed by atoms with Crippen LogP contribution in [0.15, 0.2) is 47.4 Å². The lowest BCUT2D eigenvalue weighted by Crippen LogP contribution is -2.41. The molecule has 3 aromatic rings. The van der Waals surface area contributed by atoms with E-state index in [2.05, 4.69) is 26.5 Å². The molecule has 0 aliphatic carbocycles. The summed E-state index contributed by atoms with van der Waals surface area (Å²) in [5.74, 6) is 0. The second-order valence-electron chi connectivity index (χ2n) is 7.63. The lowest BCUT2D eigenvalue weighted by molar-refractivity contribution is 0.443. The number of nitrogens with zero attached hydrogens (tertiary/aromatic N) is 4. The van der Waals surface area contributed by atoms with E-state index in [9.17, 15) is 13.7 Å². The van der Waals surface area contributed by atoms with Gasteiger partial charge in [0.25, 0.3) is 0 Å². The van der Waals surface area contributed by atoms with Gasteiger partial charge in [0.2, 0.25) is 0 Å². The molecule has 0 unspecified atom stereocenters. The van der Waals surface area contributed by atoms with Crippen LogP contribution in [0.4, 0.5) is 5.69 Å². The number of nitrogens with one attached hydrogen (secondary N) is 1. The second-order valence-corrected chi connectivity index (χ2v) is 9.65. The van der Waals surface area contributed by atoms with E-state index >= 15 is 0 Å². The number of sulfone groups is 1. The highest BCUT2D eigenvalue weighted by molar-refractivity contribution is 7.90. The Hall–Kier alpha value is -3.02. The quantitative estimate of drug-likeness (QED) is 0.691. The third-order valence-corrected chi connectivity index (χ3v) is 6.79. The summed E-state index contributed by atoms with van der Waals surface area (Å²) in [6.07, 6.45) is 3.21. The molecule has 154 valence electrons. The summed E-state index contributed by atoms with van der Waals surface area (Å²) >= 11 is 0. The lowest BCUT2D eigenvalue weighted by atomic mass is 10.0. The maximum absolute atomic E-state index is 11.7. The third-order valence-electron chi connectivity index (χ3n) is 5.67. The molecular formula is C22H23N5O2S. The van der Waals surface area contributed by atoms with Gasteiger partial charge in [0.05, 0.1) is 16.1 Å². The van der Waals surface area contributed by atoms with Crippen molar-refractivity contribution in [2.75, 3.05) is 31.3 Å². The molecule has 1 aliphatic heterocycles. The number of piperidine rings is 1. The first-order valence-electron chi connectivity index (χ1n) is 9.83. The molecule has 2 heterocycles. The van der Waals surface area contributed by atoms with Gasteiger partial charge in [0, 0.05) is 24.7 Å². The predicted molar refractivity (Wildman–Crippen MR) is 117 cm³/mol. The molecular weight excluding hydrogens is 398 g/mol. The first-order valence-corrected chi connectivity index (χ1v) is 11.7. The number of benzene rings is 2. The molecule has 7 nitrogen and oxygen atoms in total. The van der Waals surface area contributed by atoms with Gasteiger partial charge in [-0.3, -0.25) is 0 Å². The van der Waals surface area contributed by atoms with Crippen LogP contribution in [0, 0.1) is 11.3 Å². The molecule has 1 N–H and O–H groups in total. The Balaban J connectivity index is 1.76. The van der Waals surface area contributed by atoms with E-state index in [4.69, 9.17) is 0 Å². The molecule has 0 radical (unpaired) electrons. The van der Waals surface area contributed by atoms with E-state index < -0.39 is 9.84 Å². The van der Waals surface area contributed by atoms with E-state index in [-0.39, 0.29) is 4.90 Å². The summed E-state index contributed by atoms with van der Waals surface area (Å²) in [6.45, 7) is 1.92. The van der Waals surface area contributed by atoms with Crippen molar-refractivity contribution in [3.8, 4) is 17.2 Å². The molecule has 0 saturated carbocycles. The fourth-order valence-corrected chi connectivity index (χ4v) is 4.61. The van der Waals surface area contributed by atoms with Gasteiger partial charge in [0.1, 0.15) is 6.07 Å². The average Bonchev–Trinajstić information content (AvgIpc) is 2.77. The Labute approximate surface area is 176 Å². The molecule has 2 aromatic carbocycles. The van der Waals surface area contributed by atoms with Crippen molar-refractivity contribution in [3.63, 3.8) is 0 Å². The second kappa shape index (κ2) is 8.01. The van der Waals surface area contributed by atoms with E-state index in [0.717, 1.165) is 48.1 Å². The van der Waals surface area contributed by atoms with Crippen LogP contribution in [0.2, 0.25) is 0 Å². The summed E-state index contributed by atoms with van der Waals surface area (Å²) < 4.78 is 23.4. The summed E-state index contributed by atoms with van der Waals surface area (Å²) in [5, 5.41) is 22.3. The highest BCUT2D eigenvalue weighted by Crippen LogP contribution is 2.33. The smallest absolute Gasteiger partial charge is 0.186 e. The molecule has 1 fully saturated rings. The Morgan fingerprint density at radius 1 is 1.07 bits per heavy atom. The number of anilines is 1. The van der Waals surface area contributed by atoms with Crippen molar-refractivity contribution in [2.24, 2.45) is 0 Å². The Morgan fingerprint density at radius 3 is 2.37 bits per heavy atom. The van der Waals surface area contributed by atoms with Crippen LogP contribution in [0.25, 0.3) is 22.0 Å². The summed E-state index contributed by atoms with van der Waals surface area (Å²) in [6, 6.07) is 15.2. The van der Waals surface area contributed by atoms with Crippen molar-refractivity contribution >= 4 is 26.4 Å². The normalized spacial score (nSPS) is 15.1. The van der Waals surface area contributed by atoms with E-state index in [1.165, 1.54) is 6.26 Å². The predicted octanol–water partition coefficient (Wildman–Crippen LogP) is 2.76. The SMILES string of the molecule is CN(c1c(C#N)nnc2cc(-c3ccc(S(C)(=O)=O)cc3)ccc12)C1CCNCC1. The Morgan fingerprint density at radius 2 is 1.73 bits per heavy atom. The average molecular weight is 422 g/mol. The standard InChI is InChI=1S/C22H23N5O2S/c1-27(17-9-11-24-12-10-17)22-19-8-5-16(13-20(19)25-26-21(22)14-23)15-3-6-18(7-4-15)30(2,28)29/h3-8,13,17,24H,9-12H2,1-2H3. The number of rotatable bonds is 4. The lowest BCUT2D eigenvalue weighted by Gasteiger charge is -2.34. The molecule has 0 atom stereocenters. The van der Waals surface area contributed by atoms with Crippen molar-refractivity contribution in [2.45, 2.75) is 23.8 Å². The number of hydrogen-bond donors (Lipinski definition) is 1. The van der Waals surface area contributed by atoms with Crippen LogP contribution in [0.5, 0.6) is 0 Å². The van der Waals surface area contributed by atoms with Crippen LogP contribution in [0.3, 0.4) is 0 Å². The minimum Gasteiger partial charge on any atom is -0.369 e. The van der Waals surface area contributed by atoms with Gasteiger partial charge in [-0.15, -0.1) is 10.2 Å². The third kappa shape index (κ3) is 3.86. The minimum absolute atomic E-state index is 0.288. The minimum atomic E-state index is -3.23. The summed E-state index contributed by atoms with van der Waals surface area (Å²) in [7, 11) is -1.21. The molecule has 1 aromatic heterocycles. The monoisotopic (exact) mass is 421 g/mol. The number of nitriles is 1. The Kier molecular flexibility index (Phi) is 5.41. The largest absolute Gasteiger partial charge is 0.369 e. The van der Waals surface area contributed by atoms with Crippen LogP contribution in [-0.4, -0.2) is 51.0 Å². The molecule has 0 spiro atoms. The van der Waals surface area contributed by atoms with Crippen LogP contribution in [-0.2, 0) is 9.84 Å². The fourth-order valence-electron chi connectivity index (χ4n) is 3.98. The van der Waals surface area contributed by atoms with Crippen LogP contribution < -0.4 is 10.2 Å². The molecule has 4 rings (SSSR count). The highest BCUT2D eigenvalue weighted by Gasteiger charge is 2.23. The van der Waals surface area contributed by atoms with Crippen molar-refractivity contribution in [1.29, 1.82) is 5.26 Å². The number of aromatic nitrogens is 2. The number of fused-ring (bicyclic) bond motifs is 1. The van der Waals surface area contributed by atoms with Gasteiger partial charge in [-0.05, 0) is 61.3 Å². The fraction of sp³-hybridized carbons (Fsp3) is 0.318. The first kappa shape index (κ1) is 20.3. The van der Waals surface area contributed by atoms with Gasteiger partial charge in [-0.25, -0.2) is 8.42 Å². The molecule has 30 heavy (non-hydrogen) atoms. The summed E-state index contributed by atoms with van der Waals surface area (Å²) in [5.41, 5.74) is 3.65. The highest BCUT2D eigenvalue weighted by atomic mass is 32.2. The number of hydrogen-bond acceptors (Lipinski definition) is 7. The van der Waals surface area contributed by atoms with Crippen LogP contribution in [0.1, 0.15) is 18.5 Å². The Bertz CT molecular complexity index is 1230. The van der Waals surface area contributed by atoms with Gasteiger partial charge in [-0.1, -0.05) is 18.2 Å². The van der Waals surface area contributed by atoms with E-state index in [1.807, 2.05) is 25.2 Å². The maximum Gasteiger partial charge on any atom is 0.186 e. The zero-order valence-electron chi connectivity index (χ0n) is 17.0. The van der Waals surface area contributed by atoms with E-state index in [1.54, 1.807) is 24.3 Å². The van der Waals surface area contributed by atoms with Crippen molar-refractivity contribution in [3.05, 3.63) is 48.2 Å². The summed E-state index contributed by atoms with van der Waals surface area (Å²) in [4.78, 5) is 2.45.